The minimum atomic E-state index is -4.55. The van der Waals surface area contributed by atoms with Gasteiger partial charge in [0, 0.05) is 6.07 Å². The number of halogens is 4. The number of ether oxygens (including phenoxy) is 1. The number of nitrogens with zero attached hydrogens (tertiary/aromatic N) is 2. The van der Waals surface area contributed by atoms with Crippen LogP contribution in [0.15, 0.2) is 30.3 Å². The molecule has 1 aromatic heterocycles. The highest BCUT2D eigenvalue weighted by atomic mass is 127. The number of aromatic nitrogens is 1. The molecule has 0 unspecified atom stereocenters. The monoisotopic (exact) mass is 405 g/mol. The van der Waals surface area contributed by atoms with E-state index in [4.69, 9.17) is 15.7 Å². The summed E-state index contributed by atoms with van der Waals surface area (Å²) in [5, 5.41) is 8.81. The Balaban J connectivity index is 2.38. The Hall–Kier alpha value is -2.02. The van der Waals surface area contributed by atoms with Gasteiger partial charge in [-0.15, -0.1) is 0 Å². The van der Waals surface area contributed by atoms with Crippen molar-refractivity contribution in [1.29, 1.82) is 5.26 Å². The van der Waals surface area contributed by atoms with E-state index in [1.54, 1.807) is 0 Å². The Kier molecular flexibility index (Phi) is 4.22. The molecule has 0 spiro atoms. The fourth-order valence-corrected chi connectivity index (χ4v) is 2.28. The van der Waals surface area contributed by atoms with Crippen molar-refractivity contribution >= 4 is 28.3 Å². The summed E-state index contributed by atoms with van der Waals surface area (Å²) < 4.78 is 43.6. The Labute approximate surface area is 131 Å². The van der Waals surface area contributed by atoms with E-state index in [0.29, 0.717) is 9.13 Å². The van der Waals surface area contributed by atoms with Crippen molar-refractivity contribution in [3.8, 4) is 17.7 Å². The van der Waals surface area contributed by atoms with Gasteiger partial charge in [-0.2, -0.15) is 18.4 Å². The number of alkyl halides is 3. The Bertz CT molecular complexity index is 702. The number of hydrogen-bond acceptors (Lipinski definition) is 4. The zero-order chi connectivity index (χ0) is 15.6. The van der Waals surface area contributed by atoms with E-state index >= 15 is 0 Å². The number of benzene rings is 1. The van der Waals surface area contributed by atoms with Gasteiger partial charge in [-0.25, -0.2) is 4.98 Å². The van der Waals surface area contributed by atoms with Gasteiger partial charge in [0.25, 0.3) is 0 Å². The standard InChI is InChI=1S/C13H7F3IN3O/c14-13(15,16)10-2-1-3-11(20-10)21-12-8(17)4-7(6-18)5-9(12)19/h1-5H,19H2. The summed E-state index contributed by atoms with van der Waals surface area (Å²) in [7, 11) is 0. The van der Waals surface area contributed by atoms with E-state index in [1.165, 1.54) is 24.3 Å². The molecule has 2 rings (SSSR count). The Morgan fingerprint density at radius 3 is 2.57 bits per heavy atom. The molecule has 4 nitrogen and oxygen atoms in total. The summed E-state index contributed by atoms with van der Waals surface area (Å²) in [6, 6.07) is 8.15. The minimum Gasteiger partial charge on any atom is -0.436 e. The lowest BCUT2D eigenvalue weighted by Gasteiger charge is -2.12. The third kappa shape index (κ3) is 3.55. The number of anilines is 1. The number of pyridine rings is 1. The average Bonchev–Trinajstić information content (AvgIpc) is 2.42. The summed E-state index contributed by atoms with van der Waals surface area (Å²) in [6.07, 6.45) is -4.55. The second-order valence-electron chi connectivity index (χ2n) is 3.95. The summed E-state index contributed by atoms with van der Waals surface area (Å²) in [6.45, 7) is 0. The maximum absolute atomic E-state index is 12.6. The molecule has 0 saturated heterocycles. The van der Waals surface area contributed by atoms with Crippen molar-refractivity contribution in [1.82, 2.24) is 4.98 Å². The highest BCUT2D eigenvalue weighted by Crippen LogP contribution is 2.34. The Morgan fingerprint density at radius 2 is 2.00 bits per heavy atom. The van der Waals surface area contributed by atoms with Crippen LogP contribution in [0, 0.1) is 14.9 Å². The molecule has 2 N–H and O–H groups in total. The van der Waals surface area contributed by atoms with Crippen LogP contribution in [-0.4, -0.2) is 4.98 Å². The summed E-state index contributed by atoms with van der Waals surface area (Å²) >= 11 is 1.88. The fourth-order valence-electron chi connectivity index (χ4n) is 1.52. The summed E-state index contributed by atoms with van der Waals surface area (Å²) in [4.78, 5) is 3.39. The van der Waals surface area contributed by atoms with Gasteiger partial charge in [0.2, 0.25) is 5.88 Å². The van der Waals surface area contributed by atoms with Gasteiger partial charge in [-0.1, -0.05) is 6.07 Å². The van der Waals surface area contributed by atoms with E-state index in [9.17, 15) is 13.2 Å². The van der Waals surface area contributed by atoms with Crippen molar-refractivity contribution in [2.45, 2.75) is 6.18 Å². The molecule has 0 aliphatic rings. The smallest absolute Gasteiger partial charge is 0.433 e. The highest BCUT2D eigenvalue weighted by molar-refractivity contribution is 14.1. The number of nitrogens with two attached hydrogens (primary N) is 1. The third-order valence-electron chi connectivity index (χ3n) is 2.42. The second-order valence-corrected chi connectivity index (χ2v) is 5.11. The Morgan fingerprint density at radius 1 is 1.29 bits per heavy atom. The first kappa shape index (κ1) is 15.4. The zero-order valence-electron chi connectivity index (χ0n) is 10.3. The van der Waals surface area contributed by atoms with Crippen molar-refractivity contribution in [3.05, 3.63) is 45.2 Å². The number of rotatable bonds is 2. The molecule has 0 aliphatic heterocycles. The maximum Gasteiger partial charge on any atom is 0.433 e. The van der Waals surface area contributed by atoms with Crippen LogP contribution >= 0.6 is 22.6 Å². The molecule has 21 heavy (non-hydrogen) atoms. The second kappa shape index (κ2) is 5.77. The molecular weight excluding hydrogens is 398 g/mol. The topological polar surface area (TPSA) is 71.9 Å². The van der Waals surface area contributed by atoms with E-state index in [-0.39, 0.29) is 17.3 Å². The number of hydrogen-bond donors (Lipinski definition) is 1. The molecule has 2 aromatic rings. The number of nitriles is 1. The molecule has 108 valence electrons. The van der Waals surface area contributed by atoms with Gasteiger partial charge in [-0.3, -0.25) is 0 Å². The van der Waals surface area contributed by atoms with E-state index in [1.807, 2.05) is 28.7 Å². The molecule has 1 aromatic carbocycles. The van der Waals surface area contributed by atoms with Crippen LogP contribution in [0.2, 0.25) is 0 Å². The van der Waals surface area contributed by atoms with Gasteiger partial charge < -0.3 is 10.5 Å². The van der Waals surface area contributed by atoms with Crippen molar-refractivity contribution < 1.29 is 17.9 Å². The average molecular weight is 405 g/mol. The molecule has 0 saturated carbocycles. The zero-order valence-corrected chi connectivity index (χ0v) is 12.4. The molecule has 8 heteroatoms. The first-order chi connectivity index (χ1) is 9.81. The lowest BCUT2D eigenvalue weighted by Crippen LogP contribution is -2.08. The van der Waals surface area contributed by atoms with Gasteiger partial charge in [0.15, 0.2) is 5.75 Å². The predicted octanol–water partition coefficient (Wildman–Crippen LogP) is 3.95. The molecule has 0 bridgehead atoms. The molecule has 0 atom stereocenters. The van der Waals surface area contributed by atoms with Gasteiger partial charge in [0.1, 0.15) is 5.69 Å². The van der Waals surface area contributed by atoms with Gasteiger partial charge in [0.05, 0.1) is 20.9 Å². The normalized spacial score (nSPS) is 11.0. The molecule has 0 aliphatic carbocycles. The van der Waals surface area contributed by atoms with Crippen molar-refractivity contribution in [2.24, 2.45) is 0 Å². The van der Waals surface area contributed by atoms with Crippen LogP contribution < -0.4 is 10.5 Å². The van der Waals surface area contributed by atoms with E-state index < -0.39 is 11.9 Å². The van der Waals surface area contributed by atoms with Gasteiger partial charge >= 0.3 is 6.18 Å². The van der Waals surface area contributed by atoms with Crippen molar-refractivity contribution in [3.63, 3.8) is 0 Å². The largest absolute Gasteiger partial charge is 0.436 e. The lowest BCUT2D eigenvalue weighted by molar-refractivity contribution is -0.141. The first-order valence-corrected chi connectivity index (χ1v) is 6.60. The van der Waals surface area contributed by atoms with Crippen LogP contribution in [0.4, 0.5) is 18.9 Å². The lowest BCUT2D eigenvalue weighted by atomic mass is 10.2. The molecule has 0 radical (unpaired) electrons. The number of nitrogen functional groups attached to an aromatic ring is 1. The molecule has 0 amide bonds. The van der Waals surface area contributed by atoms with E-state index in [0.717, 1.165) is 6.07 Å². The fraction of sp³-hybridized carbons (Fsp3) is 0.0769. The third-order valence-corrected chi connectivity index (χ3v) is 3.22. The first-order valence-electron chi connectivity index (χ1n) is 5.52. The predicted molar refractivity (Wildman–Crippen MR) is 77.6 cm³/mol. The highest BCUT2D eigenvalue weighted by Gasteiger charge is 2.32. The van der Waals surface area contributed by atoms with Crippen LogP contribution in [-0.2, 0) is 6.18 Å². The maximum atomic E-state index is 12.6. The summed E-state index contributed by atoms with van der Waals surface area (Å²) in [5.74, 6) is -0.0550. The van der Waals surface area contributed by atoms with Crippen LogP contribution in [0.3, 0.4) is 0 Å². The molecule has 0 fully saturated rings. The minimum absolute atomic E-state index is 0.151. The quantitative estimate of drug-likeness (QED) is 0.607. The van der Waals surface area contributed by atoms with Crippen molar-refractivity contribution in [2.75, 3.05) is 5.73 Å². The summed E-state index contributed by atoms with van der Waals surface area (Å²) in [5.41, 5.74) is 5.17. The van der Waals surface area contributed by atoms with Crippen LogP contribution in [0.1, 0.15) is 11.3 Å². The van der Waals surface area contributed by atoms with Gasteiger partial charge in [-0.05, 0) is 40.8 Å². The van der Waals surface area contributed by atoms with Crippen LogP contribution in [0.25, 0.3) is 0 Å². The molecule has 1 heterocycles. The van der Waals surface area contributed by atoms with E-state index in [2.05, 4.69) is 4.98 Å². The molecular formula is C13H7F3IN3O. The van der Waals surface area contributed by atoms with Crippen LogP contribution in [0.5, 0.6) is 11.6 Å². The SMILES string of the molecule is N#Cc1cc(N)c(Oc2cccc(C(F)(F)F)n2)c(I)c1.